The van der Waals surface area contributed by atoms with Gasteiger partial charge in [-0.05, 0) is 37.1 Å². The van der Waals surface area contributed by atoms with Crippen molar-refractivity contribution in [3.05, 3.63) is 59.3 Å². The van der Waals surface area contributed by atoms with E-state index in [0.29, 0.717) is 48.6 Å². The van der Waals surface area contributed by atoms with Crippen molar-refractivity contribution in [3.63, 3.8) is 0 Å². The lowest BCUT2D eigenvalue weighted by Gasteiger charge is -2.33. The van der Waals surface area contributed by atoms with Gasteiger partial charge in [0.05, 0.1) is 10.6 Å². The van der Waals surface area contributed by atoms with Crippen LogP contribution in [0.4, 0.5) is 21.8 Å². The number of piperidine rings is 1. The average molecular weight is 485 g/mol. The number of carbonyl (C=O) groups is 2. The summed E-state index contributed by atoms with van der Waals surface area (Å²) in [4.78, 5) is 38.6. The van der Waals surface area contributed by atoms with Crippen LogP contribution < -0.4 is 15.5 Å². The number of aromatic nitrogens is 3. The van der Waals surface area contributed by atoms with Gasteiger partial charge in [-0.3, -0.25) is 9.78 Å². The van der Waals surface area contributed by atoms with Crippen LogP contribution in [0.5, 0.6) is 0 Å². The van der Waals surface area contributed by atoms with E-state index in [-0.39, 0.29) is 28.4 Å². The first kappa shape index (κ1) is 23.4. The Morgan fingerprint density at radius 1 is 1.18 bits per heavy atom. The Labute approximate surface area is 200 Å². The van der Waals surface area contributed by atoms with Crippen LogP contribution in [0.1, 0.15) is 23.2 Å². The van der Waals surface area contributed by atoms with Crippen molar-refractivity contribution in [3.8, 4) is 11.1 Å². The molecule has 2 aromatic heterocycles. The minimum atomic E-state index is -1.09. The van der Waals surface area contributed by atoms with Crippen LogP contribution in [0, 0.1) is 11.7 Å². The molecule has 11 heteroatoms. The summed E-state index contributed by atoms with van der Waals surface area (Å²) >= 11 is 5.88. The van der Waals surface area contributed by atoms with Crippen molar-refractivity contribution >= 4 is 40.9 Å². The van der Waals surface area contributed by atoms with E-state index in [0.717, 1.165) is 0 Å². The Hall–Kier alpha value is -3.79. The van der Waals surface area contributed by atoms with E-state index >= 15 is 0 Å². The van der Waals surface area contributed by atoms with Crippen molar-refractivity contribution in [2.24, 2.45) is 5.92 Å². The molecular formula is C23H22ClFN6O3. The highest BCUT2D eigenvalue weighted by Gasteiger charge is 2.27. The number of hydrogen-bond donors (Lipinski definition) is 3. The lowest BCUT2D eigenvalue weighted by Crippen LogP contribution is -2.40. The molecule has 0 spiro atoms. The molecule has 3 heterocycles. The number of hydrogen-bond acceptors (Lipinski definition) is 7. The molecule has 0 unspecified atom stereocenters. The number of carbonyl (C=O) groups excluding carboxylic acids is 1. The minimum Gasteiger partial charge on any atom is -0.478 e. The molecule has 1 aliphatic heterocycles. The topological polar surface area (TPSA) is 120 Å². The fourth-order valence-corrected chi connectivity index (χ4v) is 4.02. The molecule has 1 saturated heterocycles. The molecule has 34 heavy (non-hydrogen) atoms. The Balaban J connectivity index is 1.69. The van der Waals surface area contributed by atoms with E-state index in [9.17, 15) is 19.1 Å². The standard InChI is InChI=1S/C23H22ClFN6O3/c1-26-21(32)13-4-6-31(7-5-13)20-17(14-8-15(22(33)34)11-27-10-14)12-28-23(30-20)29-16-2-3-19(25)18(24)9-16/h2-3,8-13H,4-7H2,1H3,(H,26,32)(H,33,34)(H,28,29,30). The SMILES string of the molecule is CNC(=O)C1CCN(c2nc(Nc3ccc(F)c(Cl)c3)ncc2-c2cncc(C(=O)O)c2)CC1. The van der Waals surface area contributed by atoms with Crippen LogP contribution in [0.15, 0.2) is 42.9 Å². The molecule has 0 bridgehead atoms. The average Bonchev–Trinajstić information content (AvgIpc) is 2.86. The first-order valence-electron chi connectivity index (χ1n) is 10.6. The van der Waals surface area contributed by atoms with E-state index in [1.54, 1.807) is 19.4 Å². The van der Waals surface area contributed by atoms with Gasteiger partial charge in [-0.1, -0.05) is 11.6 Å². The highest BCUT2D eigenvalue weighted by atomic mass is 35.5. The smallest absolute Gasteiger partial charge is 0.337 e. The van der Waals surface area contributed by atoms with Gasteiger partial charge in [-0.2, -0.15) is 4.98 Å². The van der Waals surface area contributed by atoms with Crippen molar-refractivity contribution in [1.29, 1.82) is 0 Å². The summed E-state index contributed by atoms with van der Waals surface area (Å²) in [5.41, 5.74) is 1.72. The van der Waals surface area contributed by atoms with Gasteiger partial charge in [0.2, 0.25) is 11.9 Å². The maximum atomic E-state index is 13.5. The first-order valence-corrected chi connectivity index (χ1v) is 11.0. The number of rotatable bonds is 6. The zero-order valence-corrected chi connectivity index (χ0v) is 19.0. The first-order chi connectivity index (χ1) is 16.4. The zero-order chi connectivity index (χ0) is 24.2. The molecule has 0 aliphatic carbocycles. The second kappa shape index (κ2) is 10.0. The molecular weight excluding hydrogens is 463 g/mol. The molecule has 3 aromatic rings. The van der Waals surface area contributed by atoms with Crippen LogP contribution in [0.2, 0.25) is 5.02 Å². The number of aromatic carboxylic acids is 1. The van der Waals surface area contributed by atoms with Crippen molar-refractivity contribution < 1.29 is 19.1 Å². The van der Waals surface area contributed by atoms with Gasteiger partial charge in [0, 0.05) is 61.5 Å². The summed E-state index contributed by atoms with van der Waals surface area (Å²) in [7, 11) is 1.62. The number of carboxylic acids is 1. The number of pyridine rings is 1. The Kier molecular flexibility index (Phi) is 6.87. The highest BCUT2D eigenvalue weighted by molar-refractivity contribution is 6.31. The van der Waals surface area contributed by atoms with Crippen LogP contribution in [-0.4, -0.2) is 52.1 Å². The van der Waals surface area contributed by atoms with Gasteiger partial charge in [-0.25, -0.2) is 14.2 Å². The third-order valence-electron chi connectivity index (χ3n) is 5.65. The lowest BCUT2D eigenvalue weighted by atomic mass is 9.95. The third kappa shape index (κ3) is 5.07. The van der Waals surface area contributed by atoms with Crippen molar-refractivity contribution in [2.75, 3.05) is 30.4 Å². The molecule has 1 fully saturated rings. The number of carboxylic acid groups (broad SMARTS) is 1. The zero-order valence-electron chi connectivity index (χ0n) is 18.3. The Bertz CT molecular complexity index is 1230. The number of anilines is 3. The molecule has 3 N–H and O–H groups in total. The normalized spacial score (nSPS) is 14.0. The van der Waals surface area contributed by atoms with Crippen LogP contribution in [0.25, 0.3) is 11.1 Å². The molecule has 9 nitrogen and oxygen atoms in total. The highest BCUT2D eigenvalue weighted by Crippen LogP contribution is 2.33. The van der Waals surface area contributed by atoms with Crippen LogP contribution in [0.3, 0.4) is 0 Å². The summed E-state index contributed by atoms with van der Waals surface area (Å²) in [5, 5.41) is 15.0. The second-order valence-electron chi connectivity index (χ2n) is 7.83. The summed E-state index contributed by atoms with van der Waals surface area (Å²) in [6, 6.07) is 5.71. The van der Waals surface area contributed by atoms with Crippen molar-refractivity contribution in [1.82, 2.24) is 20.3 Å². The number of nitrogens with one attached hydrogen (secondary N) is 2. The van der Waals surface area contributed by atoms with E-state index in [2.05, 4.69) is 25.6 Å². The fourth-order valence-electron chi connectivity index (χ4n) is 3.84. The Morgan fingerprint density at radius 2 is 1.94 bits per heavy atom. The number of nitrogens with zero attached hydrogens (tertiary/aromatic N) is 4. The monoisotopic (exact) mass is 484 g/mol. The quantitative estimate of drug-likeness (QED) is 0.484. The predicted molar refractivity (Wildman–Crippen MR) is 126 cm³/mol. The lowest BCUT2D eigenvalue weighted by molar-refractivity contribution is -0.125. The molecule has 0 radical (unpaired) electrons. The summed E-state index contributed by atoms with van der Waals surface area (Å²) < 4.78 is 13.5. The minimum absolute atomic E-state index is 0.0106. The molecule has 1 amide bonds. The number of amides is 1. The van der Waals surface area contributed by atoms with E-state index in [1.165, 1.54) is 30.5 Å². The molecule has 4 rings (SSSR count). The molecule has 0 atom stereocenters. The van der Waals surface area contributed by atoms with Gasteiger partial charge in [-0.15, -0.1) is 0 Å². The van der Waals surface area contributed by atoms with E-state index in [4.69, 9.17) is 11.6 Å². The summed E-state index contributed by atoms with van der Waals surface area (Å²) in [6.07, 6.45) is 5.71. The van der Waals surface area contributed by atoms with Gasteiger partial charge < -0.3 is 20.6 Å². The predicted octanol–water partition coefficient (Wildman–Crippen LogP) is 3.74. The maximum absolute atomic E-state index is 13.5. The van der Waals surface area contributed by atoms with Crippen LogP contribution >= 0.6 is 11.6 Å². The van der Waals surface area contributed by atoms with Gasteiger partial charge >= 0.3 is 5.97 Å². The fraction of sp³-hybridized carbons (Fsp3) is 0.261. The van der Waals surface area contributed by atoms with Gasteiger partial charge in [0.15, 0.2) is 0 Å². The third-order valence-corrected chi connectivity index (χ3v) is 5.94. The molecule has 1 aliphatic rings. The van der Waals surface area contributed by atoms with Crippen LogP contribution in [-0.2, 0) is 4.79 Å². The van der Waals surface area contributed by atoms with E-state index < -0.39 is 11.8 Å². The van der Waals surface area contributed by atoms with Gasteiger partial charge in [0.1, 0.15) is 11.6 Å². The van der Waals surface area contributed by atoms with Crippen molar-refractivity contribution in [2.45, 2.75) is 12.8 Å². The summed E-state index contributed by atoms with van der Waals surface area (Å²) in [6.45, 7) is 1.16. The molecule has 176 valence electrons. The van der Waals surface area contributed by atoms with Gasteiger partial charge in [0.25, 0.3) is 0 Å². The van der Waals surface area contributed by atoms with E-state index in [1.807, 2.05) is 4.90 Å². The maximum Gasteiger partial charge on any atom is 0.337 e. The summed E-state index contributed by atoms with van der Waals surface area (Å²) in [5.74, 6) is -0.856. The molecule has 0 saturated carbocycles. The Morgan fingerprint density at radius 3 is 2.62 bits per heavy atom. The number of benzene rings is 1. The second-order valence-corrected chi connectivity index (χ2v) is 8.23. The molecule has 1 aromatic carbocycles. The largest absolute Gasteiger partial charge is 0.478 e. The number of halogens is 2.